The number of phenolic OH excluding ortho intramolecular Hbond substituents is 1. The highest BCUT2D eigenvalue weighted by molar-refractivity contribution is 6.36. The Labute approximate surface area is 156 Å². The van der Waals surface area contributed by atoms with E-state index in [1.165, 1.54) is 0 Å². The van der Waals surface area contributed by atoms with Gasteiger partial charge in [-0.1, -0.05) is 23.7 Å². The third kappa shape index (κ3) is 2.95. The first-order valence-electron chi connectivity index (χ1n) is 8.50. The number of piperazine rings is 1. The van der Waals surface area contributed by atoms with E-state index in [1.54, 1.807) is 30.5 Å². The number of fused-ring (bicyclic) bond motifs is 1. The molecule has 1 amide bonds. The smallest absolute Gasteiger partial charge is 0.256 e. The molecule has 5 nitrogen and oxygen atoms in total. The van der Waals surface area contributed by atoms with Crippen LogP contribution in [0.2, 0.25) is 5.02 Å². The molecule has 1 N–H and O–H groups in total. The summed E-state index contributed by atoms with van der Waals surface area (Å²) in [5.41, 5.74) is 2.01. The molecule has 2 aromatic carbocycles. The number of aromatic nitrogens is 1. The van der Waals surface area contributed by atoms with Crippen LogP contribution in [0, 0.1) is 0 Å². The van der Waals surface area contributed by atoms with Gasteiger partial charge in [0.15, 0.2) is 0 Å². The van der Waals surface area contributed by atoms with Crippen molar-refractivity contribution in [3.8, 4) is 5.75 Å². The molecule has 1 aliphatic heterocycles. The summed E-state index contributed by atoms with van der Waals surface area (Å²) in [7, 11) is 0. The van der Waals surface area contributed by atoms with Crippen LogP contribution in [-0.4, -0.2) is 47.1 Å². The van der Waals surface area contributed by atoms with Crippen molar-refractivity contribution in [1.82, 2.24) is 9.88 Å². The Morgan fingerprint density at radius 2 is 1.77 bits per heavy atom. The van der Waals surface area contributed by atoms with Crippen LogP contribution >= 0.6 is 11.6 Å². The number of phenols is 1. The van der Waals surface area contributed by atoms with Crippen LogP contribution in [0.25, 0.3) is 10.9 Å². The van der Waals surface area contributed by atoms with E-state index in [-0.39, 0.29) is 11.7 Å². The molecule has 0 saturated carbocycles. The van der Waals surface area contributed by atoms with E-state index in [0.717, 1.165) is 11.1 Å². The number of nitrogens with zero attached hydrogens (tertiary/aromatic N) is 3. The number of benzene rings is 2. The van der Waals surface area contributed by atoms with Crippen molar-refractivity contribution in [2.24, 2.45) is 0 Å². The van der Waals surface area contributed by atoms with Crippen molar-refractivity contribution in [3.63, 3.8) is 0 Å². The van der Waals surface area contributed by atoms with Gasteiger partial charge < -0.3 is 14.9 Å². The van der Waals surface area contributed by atoms with E-state index < -0.39 is 0 Å². The predicted molar refractivity (Wildman–Crippen MR) is 103 cm³/mol. The predicted octanol–water partition coefficient (Wildman–Crippen LogP) is 3.56. The van der Waals surface area contributed by atoms with E-state index in [1.807, 2.05) is 29.2 Å². The van der Waals surface area contributed by atoms with E-state index in [9.17, 15) is 9.90 Å². The Morgan fingerprint density at radius 1 is 1.00 bits per heavy atom. The van der Waals surface area contributed by atoms with Gasteiger partial charge in [-0.25, -0.2) is 0 Å². The van der Waals surface area contributed by atoms with Crippen LogP contribution in [0.1, 0.15) is 10.4 Å². The molecule has 0 aliphatic carbocycles. The molecule has 1 fully saturated rings. The number of rotatable bonds is 2. The van der Waals surface area contributed by atoms with Crippen LogP contribution in [0.3, 0.4) is 0 Å². The number of halogens is 1. The molecular weight excluding hydrogens is 350 g/mol. The maximum atomic E-state index is 13.0. The number of para-hydroxylation sites is 2. The Morgan fingerprint density at radius 3 is 2.54 bits per heavy atom. The lowest BCUT2D eigenvalue weighted by molar-refractivity contribution is 0.0748. The van der Waals surface area contributed by atoms with E-state index >= 15 is 0 Å². The molecule has 0 radical (unpaired) electrons. The number of hydrogen-bond donors (Lipinski definition) is 1. The standard InChI is InChI=1S/C20H18ClN3O2/c21-16-8-7-15(19-14(16)4-3-9-22-19)20(26)24-12-10-23(11-13-24)17-5-1-2-6-18(17)25/h1-9,25H,10-13H2. The Hall–Kier alpha value is -2.79. The van der Waals surface area contributed by atoms with Crippen LogP contribution in [0.5, 0.6) is 5.75 Å². The number of carbonyl (C=O) groups excluding carboxylic acids is 1. The molecular formula is C20H18ClN3O2. The first kappa shape index (κ1) is 16.7. The Kier molecular flexibility index (Phi) is 4.39. The molecule has 0 spiro atoms. The minimum absolute atomic E-state index is 0.0395. The Bertz CT molecular complexity index is 968. The fraction of sp³-hybridized carbons (Fsp3) is 0.200. The summed E-state index contributed by atoms with van der Waals surface area (Å²) in [6.45, 7) is 2.51. The zero-order valence-corrected chi connectivity index (χ0v) is 14.9. The highest BCUT2D eigenvalue weighted by atomic mass is 35.5. The zero-order valence-electron chi connectivity index (χ0n) is 14.1. The molecule has 1 saturated heterocycles. The Balaban J connectivity index is 1.55. The normalized spacial score (nSPS) is 14.7. The first-order valence-corrected chi connectivity index (χ1v) is 8.88. The molecule has 1 aromatic heterocycles. The zero-order chi connectivity index (χ0) is 18.1. The van der Waals surface area contributed by atoms with Gasteiger partial charge in [0.2, 0.25) is 0 Å². The summed E-state index contributed by atoms with van der Waals surface area (Å²) in [6, 6.07) is 14.5. The molecule has 2 heterocycles. The molecule has 4 rings (SSSR count). The highest BCUT2D eigenvalue weighted by Crippen LogP contribution is 2.29. The third-order valence-electron chi connectivity index (χ3n) is 4.74. The van der Waals surface area contributed by atoms with Gasteiger partial charge >= 0.3 is 0 Å². The molecule has 0 atom stereocenters. The van der Waals surface area contributed by atoms with Crippen LogP contribution in [0.4, 0.5) is 5.69 Å². The second-order valence-electron chi connectivity index (χ2n) is 6.26. The van der Waals surface area contributed by atoms with Gasteiger partial charge in [-0.3, -0.25) is 9.78 Å². The summed E-state index contributed by atoms with van der Waals surface area (Å²) in [6.07, 6.45) is 1.67. The maximum Gasteiger partial charge on any atom is 0.256 e. The van der Waals surface area contributed by atoms with Gasteiger partial charge in [-0.15, -0.1) is 0 Å². The molecule has 132 valence electrons. The van der Waals surface area contributed by atoms with Gasteiger partial charge in [0, 0.05) is 37.8 Å². The lowest BCUT2D eigenvalue weighted by Gasteiger charge is -2.36. The first-order chi connectivity index (χ1) is 12.6. The second-order valence-corrected chi connectivity index (χ2v) is 6.67. The molecule has 26 heavy (non-hydrogen) atoms. The van der Waals surface area contributed by atoms with Crippen molar-refractivity contribution in [3.05, 3.63) is 65.3 Å². The minimum Gasteiger partial charge on any atom is -0.506 e. The maximum absolute atomic E-state index is 13.0. The minimum atomic E-state index is -0.0395. The summed E-state index contributed by atoms with van der Waals surface area (Å²) >= 11 is 6.23. The number of anilines is 1. The summed E-state index contributed by atoms with van der Waals surface area (Å²) in [5, 5.41) is 11.4. The molecule has 0 unspecified atom stereocenters. The monoisotopic (exact) mass is 367 g/mol. The van der Waals surface area contributed by atoms with Crippen molar-refractivity contribution in [1.29, 1.82) is 0 Å². The fourth-order valence-corrected chi connectivity index (χ4v) is 3.58. The van der Waals surface area contributed by atoms with E-state index in [4.69, 9.17) is 11.6 Å². The van der Waals surface area contributed by atoms with Crippen LogP contribution in [-0.2, 0) is 0 Å². The quantitative estimate of drug-likeness (QED) is 0.752. The molecule has 6 heteroatoms. The van der Waals surface area contributed by atoms with Crippen molar-refractivity contribution >= 4 is 34.1 Å². The van der Waals surface area contributed by atoms with Gasteiger partial charge in [0.1, 0.15) is 5.75 Å². The molecule has 3 aromatic rings. The lowest BCUT2D eigenvalue weighted by atomic mass is 10.1. The summed E-state index contributed by atoms with van der Waals surface area (Å²) < 4.78 is 0. The molecule has 0 bridgehead atoms. The number of amides is 1. The third-order valence-corrected chi connectivity index (χ3v) is 5.07. The van der Waals surface area contributed by atoms with Gasteiger partial charge in [-0.05, 0) is 36.4 Å². The topological polar surface area (TPSA) is 56.7 Å². The number of hydrogen-bond acceptors (Lipinski definition) is 4. The van der Waals surface area contributed by atoms with Crippen LogP contribution < -0.4 is 4.90 Å². The highest BCUT2D eigenvalue weighted by Gasteiger charge is 2.25. The van der Waals surface area contributed by atoms with Gasteiger partial charge in [-0.2, -0.15) is 0 Å². The van der Waals surface area contributed by atoms with Gasteiger partial charge in [0.25, 0.3) is 5.91 Å². The largest absolute Gasteiger partial charge is 0.506 e. The second kappa shape index (κ2) is 6.84. The van der Waals surface area contributed by atoms with Crippen molar-refractivity contribution in [2.45, 2.75) is 0 Å². The van der Waals surface area contributed by atoms with E-state index in [2.05, 4.69) is 9.88 Å². The van der Waals surface area contributed by atoms with Crippen molar-refractivity contribution in [2.75, 3.05) is 31.1 Å². The molecule has 1 aliphatic rings. The van der Waals surface area contributed by atoms with Gasteiger partial charge in [0.05, 0.1) is 21.8 Å². The van der Waals surface area contributed by atoms with Crippen molar-refractivity contribution < 1.29 is 9.90 Å². The summed E-state index contributed by atoms with van der Waals surface area (Å²) in [4.78, 5) is 21.3. The van der Waals surface area contributed by atoms with Crippen LogP contribution in [0.15, 0.2) is 54.7 Å². The number of pyridine rings is 1. The average Bonchev–Trinajstić information content (AvgIpc) is 2.69. The lowest BCUT2D eigenvalue weighted by Crippen LogP contribution is -2.48. The SMILES string of the molecule is O=C(c1ccc(Cl)c2cccnc12)N1CCN(c2ccccc2O)CC1. The average molecular weight is 368 g/mol. The number of aromatic hydroxyl groups is 1. The van der Waals surface area contributed by atoms with E-state index in [0.29, 0.717) is 42.3 Å². The number of carbonyl (C=O) groups is 1. The fourth-order valence-electron chi connectivity index (χ4n) is 3.36. The summed E-state index contributed by atoms with van der Waals surface area (Å²) in [5.74, 6) is 0.225.